The fraction of sp³-hybridized carbons (Fsp3) is 0.0833. The molecular formula is C12H16N4O. The molecule has 0 fully saturated rings. The van der Waals surface area contributed by atoms with Crippen molar-refractivity contribution in [2.45, 2.75) is 0 Å². The van der Waals surface area contributed by atoms with E-state index in [4.69, 9.17) is 11.6 Å². The van der Waals surface area contributed by atoms with Crippen LogP contribution in [0.2, 0.25) is 0 Å². The minimum atomic E-state index is 0.246. The highest BCUT2D eigenvalue weighted by atomic mass is 16.3. The van der Waals surface area contributed by atoms with E-state index in [1.807, 2.05) is 24.3 Å². The molecule has 0 amide bonds. The highest BCUT2D eigenvalue weighted by Gasteiger charge is 2.00. The molecule has 0 aromatic heterocycles. The van der Waals surface area contributed by atoms with Crippen LogP contribution in [0, 0.1) is 0 Å². The van der Waals surface area contributed by atoms with Gasteiger partial charge in [0.15, 0.2) is 0 Å². The maximum absolute atomic E-state index is 9.29. The van der Waals surface area contributed by atoms with Gasteiger partial charge in [0.05, 0.1) is 0 Å². The normalized spacial score (nSPS) is 10.8. The van der Waals surface area contributed by atoms with Gasteiger partial charge in [-0.25, -0.2) is 0 Å². The van der Waals surface area contributed by atoms with Gasteiger partial charge in [0, 0.05) is 5.56 Å². The quantitative estimate of drug-likeness (QED) is 0.251. The van der Waals surface area contributed by atoms with Crippen molar-refractivity contribution in [3.63, 3.8) is 0 Å². The number of amidine groups is 1. The van der Waals surface area contributed by atoms with Crippen LogP contribution in [0.1, 0.15) is 5.56 Å². The first-order valence-corrected chi connectivity index (χ1v) is 5.05. The molecule has 0 saturated heterocycles. The lowest BCUT2D eigenvalue weighted by Gasteiger charge is -2.02. The molecule has 0 unspecified atom stereocenters. The number of fused-ring (bicyclic) bond motifs is 1. The van der Waals surface area contributed by atoms with E-state index < -0.39 is 0 Å². The zero-order chi connectivity index (χ0) is 12.8. The lowest BCUT2D eigenvalue weighted by Crippen LogP contribution is -2.15. The second kappa shape index (κ2) is 5.72. The summed E-state index contributed by atoms with van der Waals surface area (Å²) in [7, 11) is 1.50. The molecule has 0 aliphatic rings. The molecule has 0 heterocycles. The molecular weight excluding hydrogens is 216 g/mol. The Morgan fingerprint density at radius 2 is 1.65 bits per heavy atom. The number of aromatic hydroxyl groups is 1. The van der Waals surface area contributed by atoms with E-state index in [0.717, 1.165) is 16.3 Å². The monoisotopic (exact) mass is 232 g/mol. The van der Waals surface area contributed by atoms with E-state index in [1.54, 1.807) is 12.1 Å². The van der Waals surface area contributed by atoms with Gasteiger partial charge >= 0.3 is 0 Å². The van der Waals surface area contributed by atoms with Crippen LogP contribution in [0.15, 0.2) is 41.5 Å². The lowest BCUT2D eigenvalue weighted by molar-refractivity contribution is 0.476. The van der Waals surface area contributed by atoms with Crippen LogP contribution in [0.3, 0.4) is 0 Å². The Bertz CT molecular complexity index is 537. The molecule has 5 heteroatoms. The van der Waals surface area contributed by atoms with Gasteiger partial charge in [-0.1, -0.05) is 18.2 Å². The summed E-state index contributed by atoms with van der Waals surface area (Å²) in [4.78, 5) is 0. The highest BCUT2D eigenvalue weighted by molar-refractivity contribution is 6.00. The third-order valence-corrected chi connectivity index (χ3v) is 2.26. The SMILES string of the molecule is CN.N/N=C(\N)c1ccc2cc(O)ccc2c1. The minimum Gasteiger partial charge on any atom is -0.508 e. The molecule has 17 heavy (non-hydrogen) atoms. The summed E-state index contributed by atoms with van der Waals surface area (Å²) in [6, 6.07) is 10.7. The zero-order valence-corrected chi connectivity index (χ0v) is 9.59. The first-order valence-electron chi connectivity index (χ1n) is 5.05. The Hall–Kier alpha value is -2.27. The number of phenolic OH excluding ortho intramolecular Hbond substituents is 1. The molecule has 0 radical (unpaired) electrons. The van der Waals surface area contributed by atoms with Crippen molar-refractivity contribution in [1.82, 2.24) is 0 Å². The number of nitrogens with zero attached hydrogens (tertiary/aromatic N) is 1. The van der Waals surface area contributed by atoms with Crippen LogP contribution in [0.4, 0.5) is 0 Å². The van der Waals surface area contributed by atoms with Crippen molar-refractivity contribution in [3.8, 4) is 5.75 Å². The van der Waals surface area contributed by atoms with Gasteiger partial charge in [0.25, 0.3) is 0 Å². The summed E-state index contributed by atoms with van der Waals surface area (Å²) in [5, 5.41) is 14.6. The third kappa shape index (κ3) is 2.85. The Balaban J connectivity index is 0.000000686. The van der Waals surface area contributed by atoms with Gasteiger partial charge in [-0.2, -0.15) is 5.10 Å². The smallest absolute Gasteiger partial charge is 0.150 e. The fourth-order valence-electron chi connectivity index (χ4n) is 1.47. The van der Waals surface area contributed by atoms with Gasteiger partial charge in [0.2, 0.25) is 0 Å². The molecule has 0 bridgehead atoms. The van der Waals surface area contributed by atoms with Crippen molar-refractivity contribution in [1.29, 1.82) is 0 Å². The molecule has 0 saturated carbocycles. The lowest BCUT2D eigenvalue weighted by atomic mass is 10.1. The predicted octanol–water partition coefficient (Wildman–Crippen LogP) is 0.699. The number of nitrogens with two attached hydrogens (primary N) is 3. The summed E-state index contributed by atoms with van der Waals surface area (Å²) in [6.07, 6.45) is 0. The van der Waals surface area contributed by atoms with E-state index in [-0.39, 0.29) is 5.75 Å². The highest BCUT2D eigenvalue weighted by Crippen LogP contribution is 2.20. The Morgan fingerprint density at radius 3 is 2.29 bits per heavy atom. The predicted molar refractivity (Wildman–Crippen MR) is 70.6 cm³/mol. The standard InChI is InChI=1S/C11H11N3O.CH5N/c12-11(14-13)9-2-1-8-6-10(15)4-3-7(8)5-9;1-2/h1-6,15H,13H2,(H2,12,14);2H2,1H3. The number of hydrogen-bond donors (Lipinski definition) is 4. The fourth-order valence-corrected chi connectivity index (χ4v) is 1.47. The summed E-state index contributed by atoms with van der Waals surface area (Å²) in [5.41, 5.74) is 10.9. The van der Waals surface area contributed by atoms with E-state index in [2.05, 4.69) is 10.8 Å². The number of benzene rings is 2. The molecule has 90 valence electrons. The summed E-state index contributed by atoms with van der Waals surface area (Å²) < 4.78 is 0. The summed E-state index contributed by atoms with van der Waals surface area (Å²) in [6.45, 7) is 0. The maximum Gasteiger partial charge on any atom is 0.150 e. The zero-order valence-electron chi connectivity index (χ0n) is 9.59. The molecule has 0 atom stereocenters. The first kappa shape index (κ1) is 12.8. The molecule has 5 nitrogen and oxygen atoms in total. The van der Waals surface area contributed by atoms with Crippen molar-refractivity contribution in [3.05, 3.63) is 42.0 Å². The van der Waals surface area contributed by atoms with Crippen molar-refractivity contribution >= 4 is 16.6 Å². The van der Waals surface area contributed by atoms with E-state index in [0.29, 0.717) is 5.84 Å². The number of hydrogen-bond acceptors (Lipinski definition) is 4. The molecule has 2 rings (SSSR count). The Morgan fingerprint density at radius 1 is 1.06 bits per heavy atom. The van der Waals surface area contributed by atoms with Crippen molar-refractivity contribution in [2.24, 2.45) is 22.4 Å². The van der Waals surface area contributed by atoms with Crippen LogP contribution in [-0.2, 0) is 0 Å². The van der Waals surface area contributed by atoms with E-state index >= 15 is 0 Å². The maximum atomic E-state index is 9.29. The topological polar surface area (TPSA) is 111 Å². The average Bonchev–Trinajstić information content (AvgIpc) is 2.39. The molecule has 2 aromatic carbocycles. The van der Waals surface area contributed by atoms with Crippen LogP contribution in [0.5, 0.6) is 5.75 Å². The molecule has 0 aliphatic carbocycles. The average molecular weight is 232 g/mol. The number of hydrazone groups is 1. The molecule has 7 N–H and O–H groups in total. The third-order valence-electron chi connectivity index (χ3n) is 2.26. The van der Waals surface area contributed by atoms with E-state index in [1.165, 1.54) is 7.05 Å². The summed E-state index contributed by atoms with van der Waals surface area (Å²) >= 11 is 0. The van der Waals surface area contributed by atoms with Gasteiger partial charge in [0.1, 0.15) is 11.6 Å². The number of rotatable bonds is 1. The summed E-state index contributed by atoms with van der Waals surface area (Å²) in [5.74, 6) is 5.64. The largest absolute Gasteiger partial charge is 0.508 e. The van der Waals surface area contributed by atoms with Crippen molar-refractivity contribution in [2.75, 3.05) is 7.05 Å². The number of phenols is 1. The van der Waals surface area contributed by atoms with Gasteiger partial charge in [-0.05, 0) is 36.0 Å². The van der Waals surface area contributed by atoms with Crippen LogP contribution >= 0.6 is 0 Å². The van der Waals surface area contributed by atoms with Gasteiger partial charge in [-0.15, -0.1) is 0 Å². The second-order valence-electron chi connectivity index (χ2n) is 3.26. The Labute approximate surface area is 99.5 Å². The second-order valence-corrected chi connectivity index (χ2v) is 3.26. The van der Waals surface area contributed by atoms with Crippen LogP contribution in [-0.4, -0.2) is 18.0 Å². The molecule has 2 aromatic rings. The first-order chi connectivity index (χ1) is 8.20. The Kier molecular flexibility index (Phi) is 4.30. The minimum absolute atomic E-state index is 0.246. The van der Waals surface area contributed by atoms with E-state index in [9.17, 15) is 5.11 Å². The van der Waals surface area contributed by atoms with Crippen LogP contribution < -0.4 is 17.3 Å². The molecule has 0 aliphatic heterocycles. The van der Waals surface area contributed by atoms with Crippen molar-refractivity contribution < 1.29 is 5.11 Å². The van der Waals surface area contributed by atoms with Gasteiger partial charge < -0.3 is 22.4 Å². The molecule has 0 spiro atoms. The van der Waals surface area contributed by atoms with Crippen LogP contribution in [0.25, 0.3) is 10.8 Å². The van der Waals surface area contributed by atoms with Gasteiger partial charge in [-0.3, -0.25) is 0 Å².